The van der Waals surface area contributed by atoms with Gasteiger partial charge in [-0.15, -0.1) is 0 Å². The molecule has 5 nitrogen and oxygen atoms in total. The Morgan fingerprint density at radius 3 is 2.03 bits per heavy atom. The number of unbranched alkanes of at least 4 members (excludes halogenated alkanes) is 7. The van der Waals surface area contributed by atoms with E-state index >= 15 is 0 Å². The molecule has 0 fully saturated rings. The largest absolute Gasteiger partial charge is 0.389 e. The molecule has 0 saturated heterocycles. The van der Waals surface area contributed by atoms with E-state index in [9.17, 15) is 22.5 Å². The summed E-state index contributed by atoms with van der Waals surface area (Å²) in [5.41, 5.74) is 0.0333. The lowest BCUT2D eigenvalue weighted by Gasteiger charge is -2.23. The summed E-state index contributed by atoms with van der Waals surface area (Å²) in [6, 6.07) is -0.490. The normalized spacial score (nSPS) is 15.4. The lowest BCUT2D eigenvalue weighted by atomic mass is 9.93. The van der Waals surface area contributed by atoms with E-state index in [1.807, 2.05) is 20.8 Å². The molecule has 32 heavy (non-hydrogen) atoms. The highest BCUT2D eigenvalue weighted by atomic mass is 31.2. The summed E-state index contributed by atoms with van der Waals surface area (Å²) in [4.78, 5) is 12.0. The molecule has 2 unspecified atom stereocenters. The van der Waals surface area contributed by atoms with Crippen LogP contribution in [0, 0.1) is 5.41 Å². The first-order chi connectivity index (χ1) is 14.7. The van der Waals surface area contributed by atoms with Crippen LogP contribution in [-0.2, 0) is 18.4 Å². The van der Waals surface area contributed by atoms with Crippen molar-refractivity contribution < 1.29 is 31.6 Å². The highest BCUT2D eigenvalue weighted by molar-refractivity contribution is 7.52. The molecule has 0 heterocycles. The molecule has 0 aliphatic rings. The van der Waals surface area contributed by atoms with Gasteiger partial charge >= 0.3 is 13.8 Å². The van der Waals surface area contributed by atoms with Crippen molar-refractivity contribution in [3.8, 4) is 0 Å². The van der Waals surface area contributed by atoms with Crippen molar-refractivity contribution in [1.29, 1.82) is 0 Å². The van der Waals surface area contributed by atoms with E-state index in [4.69, 9.17) is 9.05 Å². The van der Waals surface area contributed by atoms with Gasteiger partial charge in [0.2, 0.25) is 5.91 Å². The number of rotatable bonds is 18. The Balaban J connectivity index is 4.53. The van der Waals surface area contributed by atoms with Crippen molar-refractivity contribution >= 4 is 13.5 Å². The summed E-state index contributed by atoms with van der Waals surface area (Å²) in [7, 11) is -3.31. The Hall–Kier alpha value is -0.590. The van der Waals surface area contributed by atoms with E-state index in [0.717, 1.165) is 25.7 Å². The Morgan fingerprint density at radius 1 is 0.938 bits per heavy atom. The van der Waals surface area contributed by atoms with E-state index < -0.39 is 38.6 Å². The minimum Gasteiger partial charge on any atom is -0.351 e. The Labute approximate surface area is 193 Å². The number of hydrogen-bond donors (Lipinski definition) is 1. The number of hydrogen-bond acceptors (Lipinski definition) is 4. The van der Waals surface area contributed by atoms with Crippen LogP contribution in [0.3, 0.4) is 0 Å². The van der Waals surface area contributed by atoms with Gasteiger partial charge in [-0.1, -0.05) is 79.1 Å². The van der Waals surface area contributed by atoms with Crippen molar-refractivity contribution in [1.82, 2.24) is 5.32 Å². The van der Waals surface area contributed by atoms with Crippen molar-refractivity contribution in [2.75, 3.05) is 19.9 Å². The van der Waals surface area contributed by atoms with Crippen molar-refractivity contribution in [3.63, 3.8) is 0 Å². The lowest BCUT2D eigenvalue weighted by molar-refractivity contribution is -0.144. The molecular weight excluding hydrogens is 442 g/mol. The van der Waals surface area contributed by atoms with E-state index in [-0.39, 0.29) is 18.6 Å². The topological polar surface area (TPSA) is 64.6 Å². The van der Waals surface area contributed by atoms with Crippen LogP contribution in [0.15, 0.2) is 0 Å². The zero-order chi connectivity index (χ0) is 24.7. The minimum absolute atomic E-state index is 0.0333. The molecule has 0 aliphatic carbocycles. The van der Waals surface area contributed by atoms with Crippen LogP contribution >= 0.6 is 7.60 Å². The first-order valence-corrected chi connectivity index (χ1v) is 14.0. The number of carbonyl (C=O) groups excluding carboxylic acids is 1. The molecule has 0 aromatic rings. The fourth-order valence-corrected chi connectivity index (χ4v) is 4.01. The summed E-state index contributed by atoms with van der Waals surface area (Å²) in [5.74, 6) is -0.671. The predicted octanol–water partition coefficient (Wildman–Crippen LogP) is 7.64. The predicted molar refractivity (Wildman–Crippen MR) is 124 cm³/mol. The lowest BCUT2D eigenvalue weighted by Crippen LogP contribution is -2.38. The SMILES string of the molecule is CCCCCCCCCCC(COP(C)(=O)OCCC(C)(C)C)NC(=O)CCC(F)(F)F. The third-order valence-corrected chi connectivity index (χ3v) is 6.36. The minimum atomic E-state index is -4.37. The van der Waals surface area contributed by atoms with E-state index in [2.05, 4.69) is 12.2 Å². The summed E-state index contributed by atoms with van der Waals surface area (Å²) in [6.07, 6.45) is 4.06. The maximum atomic E-state index is 12.5. The highest BCUT2D eigenvalue weighted by Crippen LogP contribution is 2.44. The second kappa shape index (κ2) is 16.1. The number of alkyl halides is 3. The van der Waals surface area contributed by atoms with Gasteiger partial charge in [-0.05, 0) is 18.3 Å². The van der Waals surface area contributed by atoms with Crippen LogP contribution in [0.25, 0.3) is 0 Å². The van der Waals surface area contributed by atoms with Crippen LogP contribution < -0.4 is 5.32 Å². The molecule has 0 aliphatic heterocycles. The first-order valence-electron chi connectivity index (χ1n) is 12.0. The summed E-state index contributed by atoms with van der Waals surface area (Å²) < 4.78 is 60.6. The van der Waals surface area contributed by atoms with Gasteiger partial charge in [0.25, 0.3) is 0 Å². The van der Waals surface area contributed by atoms with Crippen LogP contribution in [0.5, 0.6) is 0 Å². The third kappa shape index (κ3) is 21.3. The Bertz CT molecular complexity index is 550. The third-order valence-electron chi connectivity index (χ3n) is 5.09. The Morgan fingerprint density at radius 2 is 1.50 bits per heavy atom. The molecule has 2 atom stereocenters. The molecule has 0 bridgehead atoms. The second-order valence-electron chi connectivity index (χ2n) is 9.85. The van der Waals surface area contributed by atoms with E-state index in [1.165, 1.54) is 32.3 Å². The average Bonchev–Trinajstić information content (AvgIpc) is 2.64. The molecule has 1 amide bonds. The fourth-order valence-electron chi connectivity index (χ4n) is 3.06. The van der Waals surface area contributed by atoms with E-state index in [1.54, 1.807) is 0 Å². The van der Waals surface area contributed by atoms with Gasteiger partial charge in [0.15, 0.2) is 0 Å². The number of halogens is 3. The van der Waals surface area contributed by atoms with Crippen LogP contribution in [0.4, 0.5) is 13.2 Å². The highest BCUT2D eigenvalue weighted by Gasteiger charge is 2.29. The maximum Gasteiger partial charge on any atom is 0.389 e. The zero-order valence-corrected chi connectivity index (χ0v) is 21.6. The molecular formula is C23H45F3NO4P. The second-order valence-corrected chi connectivity index (χ2v) is 11.9. The van der Waals surface area contributed by atoms with E-state index in [0.29, 0.717) is 12.8 Å². The standard InChI is InChI=1S/C23H45F3NO4P/c1-6-7-8-9-10-11-12-13-14-20(27-21(28)15-16-23(24,25)26)19-31-32(5,29)30-18-17-22(2,3)4/h20H,6-19H2,1-5H3,(H,27,28). The van der Waals surface area contributed by atoms with Crippen LogP contribution in [0.1, 0.15) is 105 Å². The molecule has 192 valence electrons. The molecule has 0 aromatic heterocycles. The molecule has 0 rings (SSSR count). The van der Waals surface area contributed by atoms with Gasteiger partial charge in [-0.25, -0.2) is 0 Å². The number of amides is 1. The molecule has 1 N–H and O–H groups in total. The molecule has 0 spiro atoms. The quantitative estimate of drug-likeness (QED) is 0.159. The van der Waals surface area contributed by atoms with Crippen molar-refractivity contribution in [3.05, 3.63) is 0 Å². The van der Waals surface area contributed by atoms with Gasteiger partial charge in [0.05, 0.1) is 25.7 Å². The monoisotopic (exact) mass is 487 g/mol. The summed E-state index contributed by atoms with van der Waals surface area (Å²) >= 11 is 0. The zero-order valence-electron chi connectivity index (χ0n) is 20.7. The van der Waals surface area contributed by atoms with Crippen molar-refractivity contribution in [2.45, 2.75) is 117 Å². The van der Waals surface area contributed by atoms with Crippen molar-refractivity contribution in [2.24, 2.45) is 5.41 Å². The Kier molecular flexibility index (Phi) is 15.8. The van der Waals surface area contributed by atoms with Gasteiger partial charge in [0.1, 0.15) is 0 Å². The van der Waals surface area contributed by atoms with Crippen LogP contribution in [-0.4, -0.2) is 38.0 Å². The molecule has 0 radical (unpaired) electrons. The summed E-state index contributed by atoms with van der Waals surface area (Å²) in [5, 5.41) is 2.62. The molecule has 9 heteroatoms. The summed E-state index contributed by atoms with van der Waals surface area (Å²) in [6.45, 7) is 9.95. The first kappa shape index (κ1) is 31.4. The maximum absolute atomic E-state index is 12.5. The molecule has 0 aromatic carbocycles. The number of carbonyl (C=O) groups is 1. The van der Waals surface area contributed by atoms with Crippen LogP contribution in [0.2, 0.25) is 0 Å². The average molecular weight is 488 g/mol. The van der Waals surface area contributed by atoms with Gasteiger partial charge in [0, 0.05) is 13.1 Å². The fraction of sp³-hybridized carbons (Fsp3) is 0.957. The van der Waals surface area contributed by atoms with Gasteiger partial charge < -0.3 is 14.4 Å². The van der Waals surface area contributed by atoms with Gasteiger partial charge in [-0.2, -0.15) is 13.2 Å². The molecule has 0 saturated carbocycles. The number of nitrogens with one attached hydrogen (secondary N) is 1. The smallest absolute Gasteiger partial charge is 0.351 e. The van der Waals surface area contributed by atoms with Gasteiger partial charge in [-0.3, -0.25) is 9.36 Å².